The molecule has 3 rings (SSSR count). The first-order valence-electron chi connectivity index (χ1n) is 5.88. The lowest BCUT2D eigenvalue weighted by Gasteiger charge is -2.06. The second-order valence-corrected chi connectivity index (χ2v) is 4.48. The van der Waals surface area contributed by atoms with Gasteiger partial charge in [-0.05, 0) is 42.8 Å². The topological polar surface area (TPSA) is 38.1 Å². The van der Waals surface area contributed by atoms with Crippen LogP contribution in [0.1, 0.15) is 5.56 Å². The maximum atomic E-state index is 9.47. The van der Waals surface area contributed by atoms with Crippen LogP contribution in [0.5, 0.6) is 5.75 Å². The van der Waals surface area contributed by atoms with Crippen molar-refractivity contribution < 1.29 is 5.11 Å². The number of imidazole rings is 1. The Morgan fingerprint density at radius 1 is 1.11 bits per heavy atom. The Bertz CT molecular complexity index is 728. The maximum Gasteiger partial charge on any atom is 0.141 e. The van der Waals surface area contributed by atoms with E-state index < -0.39 is 0 Å². The average molecular weight is 238 g/mol. The van der Waals surface area contributed by atoms with Crippen LogP contribution in [0.2, 0.25) is 0 Å². The van der Waals surface area contributed by atoms with E-state index in [1.807, 2.05) is 38.2 Å². The van der Waals surface area contributed by atoms with E-state index in [1.54, 1.807) is 12.1 Å². The summed E-state index contributed by atoms with van der Waals surface area (Å²) in [6.45, 7) is 1.98. The highest BCUT2D eigenvalue weighted by molar-refractivity contribution is 5.81. The van der Waals surface area contributed by atoms with Crippen LogP contribution in [0.3, 0.4) is 0 Å². The number of fused-ring (bicyclic) bond motifs is 1. The highest BCUT2D eigenvalue weighted by atomic mass is 16.3. The molecular formula is C15H14N2O. The average Bonchev–Trinajstić information content (AvgIpc) is 2.68. The monoisotopic (exact) mass is 238 g/mol. The fraction of sp³-hybridized carbons (Fsp3) is 0.133. The number of hydrogen-bond acceptors (Lipinski definition) is 2. The molecule has 0 atom stereocenters. The van der Waals surface area contributed by atoms with Crippen LogP contribution in [-0.4, -0.2) is 14.7 Å². The van der Waals surface area contributed by atoms with E-state index in [0.29, 0.717) is 0 Å². The first-order valence-corrected chi connectivity index (χ1v) is 5.88. The van der Waals surface area contributed by atoms with Gasteiger partial charge in [-0.3, -0.25) is 0 Å². The number of rotatable bonds is 1. The van der Waals surface area contributed by atoms with Gasteiger partial charge >= 0.3 is 0 Å². The number of aromatic nitrogens is 2. The van der Waals surface area contributed by atoms with E-state index in [0.717, 1.165) is 28.0 Å². The molecule has 1 aromatic heterocycles. The number of aryl methyl sites for hydroxylation is 2. The Kier molecular flexibility index (Phi) is 2.33. The Labute approximate surface area is 105 Å². The van der Waals surface area contributed by atoms with Crippen molar-refractivity contribution in [2.45, 2.75) is 6.92 Å². The molecule has 2 aromatic carbocycles. The van der Waals surface area contributed by atoms with E-state index in [-0.39, 0.29) is 5.75 Å². The molecule has 3 aromatic rings. The lowest BCUT2D eigenvalue weighted by molar-refractivity contribution is 0.475. The third kappa shape index (κ3) is 1.56. The minimum absolute atomic E-state index is 0.287. The van der Waals surface area contributed by atoms with Crippen molar-refractivity contribution in [1.29, 1.82) is 0 Å². The summed E-state index contributed by atoms with van der Waals surface area (Å²) in [4.78, 5) is 4.65. The van der Waals surface area contributed by atoms with Gasteiger partial charge in [-0.2, -0.15) is 0 Å². The zero-order chi connectivity index (χ0) is 12.7. The van der Waals surface area contributed by atoms with Crippen LogP contribution in [0.4, 0.5) is 0 Å². The third-order valence-electron chi connectivity index (χ3n) is 3.24. The van der Waals surface area contributed by atoms with Crippen LogP contribution < -0.4 is 0 Å². The van der Waals surface area contributed by atoms with E-state index in [2.05, 4.69) is 15.6 Å². The SMILES string of the molecule is Cc1cc(O)ccc1-c1nc2ccccc2n1C. The number of hydrogen-bond donors (Lipinski definition) is 1. The van der Waals surface area contributed by atoms with Crippen LogP contribution in [-0.2, 0) is 7.05 Å². The van der Waals surface area contributed by atoms with E-state index in [1.165, 1.54) is 0 Å². The normalized spacial score (nSPS) is 11.0. The molecular weight excluding hydrogens is 224 g/mol. The lowest BCUT2D eigenvalue weighted by atomic mass is 10.1. The van der Waals surface area contributed by atoms with Crippen molar-refractivity contribution in [2.75, 3.05) is 0 Å². The molecule has 0 aliphatic heterocycles. The molecule has 0 aliphatic rings. The minimum atomic E-state index is 0.287. The van der Waals surface area contributed by atoms with Gasteiger partial charge in [0.25, 0.3) is 0 Å². The quantitative estimate of drug-likeness (QED) is 0.706. The largest absolute Gasteiger partial charge is 0.508 e. The van der Waals surface area contributed by atoms with Gasteiger partial charge in [-0.15, -0.1) is 0 Å². The molecule has 0 radical (unpaired) electrons. The number of para-hydroxylation sites is 2. The predicted octanol–water partition coefficient (Wildman–Crippen LogP) is 3.25. The van der Waals surface area contributed by atoms with Gasteiger partial charge in [0.1, 0.15) is 11.6 Å². The molecule has 1 heterocycles. The molecule has 0 aliphatic carbocycles. The van der Waals surface area contributed by atoms with Gasteiger partial charge in [-0.25, -0.2) is 4.98 Å². The van der Waals surface area contributed by atoms with Gasteiger partial charge in [0.2, 0.25) is 0 Å². The van der Waals surface area contributed by atoms with Crippen molar-refractivity contribution in [1.82, 2.24) is 9.55 Å². The van der Waals surface area contributed by atoms with Gasteiger partial charge in [0.15, 0.2) is 0 Å². The van der Waals surface area contributed by atoms with Crippen molar-refractivity contribution >= 4 is 11.0 Å². The molecule has 0 amide bonds. The van der Waals surface area contributed by atoms with Crippen LogP contribution in [0, 0.1) is 6.92 Å². The van der Waals surface area contributed by atoms with Crippen LogP contribution in [0.25, 0.3) is 22.4 Å². The second-order valence-electron chi connectivity index (χ2n) is 4.48. The van der Waals surface area contributed by atoms with E-state index >= 15 is 0 Å². The molecule has 0 saturated heterocycles. The predicted molar refractivity (Wildman–Crippen MR) is 72.6 cm³/mol. The minimum Gasteiger partial charge on any atom is -0.508 e. The fourth-order valence-corrected chi connectivity index (χ4v) is 2.29. The Hall–Kier alpha value is -2.29. The van der Waals surface area contributed by atoms with Crippen molar-refractivity contribution in [3.05, 3.63) is 48.0 Å². The molecule has 1 N–H and O–H groups in total. The summed E-state index contributed by atoms with van der Waals surface area (Å²) in [5, 5.41) is 9.47. The van der Waals surface area contributed by atoms with Gasteiger partial charge in [0, 0.05) is 12.6 Å². The third-order valence-corrected chi connectivity index (χ3v) is 3.24. The Morgan fingerprint density at radius 2 is 1.89 bits per heavy atom. The summed E-state index contributed by atoms with van der Waals surface area (Å²) in [7, 11) is 2.01. The first-order chi connectivity index (χ1) is 8.66. The summed E-state index contributed by atoms with van der Waals surface area (Å²) >= 11 is 0. The van der Waals surface area contributed by atoms with Crippen molar-refractivity contribution in [2.24, 2.45) is 7.05 Å². The summed E-state index contributed by atoms with van der Waals surface area (Å²) in [6, 6.07) is 13.4. The maximum absolute atomic E-state index is 9.47. The molecule has 0 fully saturated rings. The van der Waals surface area contributed by atoms with Gasteiger partial charge < -0.3 is 9.67 Å². The lowest BCUT2D eigenvalue weighted by Crippen LogP contribution is -1.94. The molecule has 3 heteroatoms. The standard InChI is InChI=1S/C15H14N2O/c1-10-9-11(18)7-8-12(10)15-16-13-5-3-4-6-14(13)17(15)2/h3-9,18H,1-2H3. The molecule has 0 spiro atoms. The highest BCUT2D eigenvalue weighted by Crippen LogP contribution is 2.28. The first kappa shape index (κ1) is 10.8. The number of nitrogens with zero attached hydrogens (tertiary/aromatic N) is 2. The number of aromatic hydroxyl groups is 1. The Balaban J connectivity index is 2.28. The Morgan fingerprint density at radius 3 is 2.61 bits per heavy atom. The highest BCUT2D eigenvalue weighted by Gasteiger charge is 2.11. The fourth-order valence-electron chi connectivity index (χ4n) is 2.29. The zero-order valence-electron chi connectivity index (χ0n) is 10.4. The van der Waals surface area contributed by atoms with E-state index in [4.69, 9.17) is 0 Å². The number of phenolic OH excluding ortho intramolecular Hbond substituents is 1. The molecule has 0 bridgehead atoms. The van der Waals surface area contributed by atoms with Crippen LogP contribution in [0.15, 0.2) is 42.5 Å². The number of benzene rings is 2. The van der Waals surface area contributed by atoms with Crippen LogP contribution >= 0.6 is 0 Å². The van der Waals surface area contributed by atoms with Gasteiger partial charge in [-0.1, -0.05) is 12.1 Å². The molecule has 90 valence electrons. The summed E-state index contributed by atoms with van der Waals surface area (Å²) < 4.78 is 2.08. The summed E-state index contributed by atoms with van der Waals surface area (Å²) in [5.74, 6) is 1.21. The smallest absolute Gasteiger partial charge is 0.141 e. The van der Waals surface area contributed by atoms with Crippen molar-refractivity contribution in [3.8, 4) is 17.1 Å². The molecule has 0 saturated carbocycles. The van der Waals surface area contributed by atoms with Crippen molar-refractivity contribution in [3.63, 3.8) is 0 Å². The molecule has 18 heavy (non-hydrogen) atoms. The zero-order valence-corrected chi connectivity index (χ0v) is 10.4. The second kappa shape index (κ2) is 3.88. The van der Waals surface area contributed by atoms with E-state index in [9.17, 15) is 5.11 Å². The summed E-state index contributed by atoms with van der Waals surface area (Å²) in [6.07, 6.45) is 0. The molecule has 0 unspecified atom stereocenters. The molecule has 3 nitrogen and oxygen atoms in total. The summed E-state index contributed by atoms with van der Waals surface area (Å²) in [5.41, 5.74) is 4.17. The van der Waals surface area contributed by atoms with Gasteiger partial charge in [0.05, 0.1) is 11.0 Å². The number of phenols is 1.